The number of nitrogen functional groups attached to an aromatic ring is 1. The van der Waals surface area contributed by atoms with Gasteiger partial charge in [0.05, 0.1) is 17.4 Å². The molecule has 2 aromatic heterocycles. The van der Waals surface area contributed by atoms with Crippen LogP contribution in [0.4, 0.5) is 11.5 Å². The second-order valence-corrected chi connectivity index (χ2v) is 3.96. The summed E-state index contributed by atoms with van der Waals surface area (Å²) in [7, 11) is 0. The SMILES string of the molecule is Nc1cnc(NCCc2ccccn2)cc1C(=O)O. The molecule has 0 amide bonds. The number of nitrogens with two attached hydrogens (primary N) is 1. The van der Waals surface area contributed by atoms with E-state index in [2.05, 4.69) is 15.3 Å². The molecule has 0 fully saturated rings. The largest absolute Gasteiger partial charge is 0.478 e. The fraction of sp³-hybridized carbons (Fsp3) is 0.154. The highest BCUT2D eigenvalue weighted by atomic mass is 16.4. The van der Waals surface area contributed by atoms with Crippen molar-refractivity contribution in [2.45, 2.75) is 6.42 Å². The Bertz CT molecular complexity index is 572. The van der Waals surface area contributed by atoms with Gasteiger partial charge in [-0.1, -0.05) is 6.07 Å². The fourth-order valence-corrected chi connectivity index (χ4v) is 1.61. The number of carboxylic acid groups (broad SMARTS) is 1. The maximum atomic E-state index is 10.9. The molecule has 2 aromatic rings. The van der Waals surface area contributed by atoms with Crippen LogP contribution in [-0.2, 0) is 6.42 Å². The van der Waals surface area contributed by atoms with Crippen LogP contribution in [0, 0.1) is 0 Å². The van der Waals surface area contributed by atoms with Gasteiger partial charge in [0.15, 0.2) is 0 Å². The van der Waals surface area contributed by atoms with Crippen molar-refractivity contribution in [2.75, 3.05) is 17.6 Å². The first kappa shape index (κ1) is 12.8. The average Bonchev–Trinajstić information content (AvgIpc) is 2.41. The summed E-state index contributed by atoms with van der Waals surface area (Å²) in [5, 5.41) is 12.0. The van der Waals surface area contributed by atoms with E-state index in [4.69, 9.17) is 10.8 Å². The molecule has 0 aliphatic carbocycles. The number of hydrogen-bond acceptors (Lipinski definition) is 5. The molecule has 0 spiro atoms. The van der Waals surface area contributed by atoms with Gasteiger partial charge in [-0.3, -0.25) is 4.98 Å². The van der Waals surface area contributed by atoms with Crippen molar-refractivity contribution in [1.29, 1.82) is 0 Å². The lowest BCUT2D eigenvalue weighted by molar-refractivity contribution is 0.0698. The summed E-state index contributed by atoms with van der Waals surface area (Å²) in [6, 6.07) is 7.14. The maximum absolute atomic E-state index is 10.9. The molecule has 19 heavy (non-hydrogen) atoms. The molecule has 2 rings (SSSR count). The molecule has 4 N–H and O–H groups in total. The highest BCUT2D eigenvalue weighted by Gasteiger charge is 2.09. The summed E-state index contributed by atoms with van der Waals surface area (Å²) in [5.74, 6) is -0.574. The van der Waals surface area contributed by atoms with E-state index in [1.54, 1.807) is 6.20 Å². The van der Waals surface area contributed by atoms with Crippen molar-refractivity contribution >= 4 is 17.5 Å². The summed E-state index contributed by atoms with van der Waals surface area (Å²) < 4.78 is 0. The number of carbonyl (C=O) groups is 1. The van der Waals surface area contributed by atoms with Crippen LogP contribution in [0.3, 0.4) is 0 Å². The molecule has 0 radical (unpaired) electrons. The van der Waals surface area contributed by atoms with Crippen molar-refractivity contribution in [1.82, 2.24) is 9.97 Å². The molecule has 0 unspecified atom stereocenters. The standard InChI is InChI=1S/C13H14N4O2/c14-11-8-17-12(7-10(11)13(18)19)16-6-4-9-3-1-2-5-15-9/h1-3,5,7-8H,4,6,14H2,(H,16,17)(H,18,19). The molecule has 0 aromatic carbocycles. The van der Waals surface area contributed by atoms with E-state index >= 15 is 0 Å². The molecule has 0 aliphatic heterocycles. The molecular formula is C13H14N4O2. The van der Waals surface area contributed by atoms with E-state index < -0.39 is 5.97 Å². The predicted octanol–water partition coefficient (Wildman–Crippen LogP) is 1.41. The van der Waals surface area contributed by atoms with Gasteiger partial charge in [-0.25, -0.2) is 9.78 Å². The number of aromatic carboxylic acids is 1. The molecule has 2 heterocycles. The van der Waals surface area contributed by atoms with Crippen molar-refractivity contribution in [3.63, 3.8) is 0 Å². The summed E-state index contributed by atoms with van der Waals surface area (Å²) in [4.78, 5) is 19.2. The second-order valence-electron chi connectivity index (χ2n) is 3.96. The van der Waals surface area contributed by atoms with E-state index in [1.807, 2.05) is 18.2 Å². The van der Waals surface area contributed by atoms with Crippen LogP contribution in [0.5, 0.6) is 0 Å². The lowest BCUT2D eigenvalue weighted by Gasteiger charge is -2.07. The number of rotatable bonds is 5. The molecule has 0 saturated heterocycles. The normalized spacial score (nSPS) is 10.1. The fourth-order valence-electron chi connectivity index (χ4n) is 1.61. The number of anilines is 2. The third-order valence-electron chi connectivity index (χ3n) is 2.58. The first-order valence-electron chi connectivity index (χ1n) is 5.79. The van der Waals surface area contributed by atoms with E-state index in [9.17, 15) is 4.79 Å². The zero-order chi connectivity index (χ0) is 13.7. The number of aromatic nitrogens is 2. The van der Waals surface area contributed by atoms with Gasteiger partial charge in [-0.15, -0.1) is 0 Å². The summed E-state index contributed by atoms with van der Waals surface area (Å²) >= 11 is 0. The number of carboxylic acids is 1. The third kappa shape index (κ3) is 3.41. The molecule has 0 aliphatic rings. The number of nitrogens with zero attached hydrogens (tertiary/aromatic N) is 2. The summed E-state index contributed by atoms with van der Waals surface area (Å²) in [6.07, 6.45) is 3.81. The molecule has 0 bridgehead atoms. The average molecular weight is 258 g/mol. The summed E-state index contributed by atoms with van der Waals surface area (Å²) in [6.45, 7) is 0.618. The third-order valence-corrected chi connectivity index (χ3v) is 2.58. The Balaban J connectivity index is 1.97. The minimum atomic E-state index is -1.06. The monoisotopic (exact) mass is 258 g/mol. The van der Waals surface area contributed by atoms with Crippen LogP contribution in [0.25, 0.3) is 0 Å². The first-order valence-corrected chi connectivity index (χ1v) is 5.79. The van der Waals surface area contributed by atoms with Gasteiger partial charge >= 0.3 is 5.97 Å². The van der Waals surface area contributed by atoms with Gasteiger partial charge in [0, 0.05) is 24.9 Å². The molecule has 6 heteroatoms. The van der Waals surface area contributed by atoms with Gasteiger partial charge in [0.2, 0.25) is 0 Å². The Morgan fingerprint density at radius 1 is 1.37 bits per heavy atom. The quantitative estimate of drug-likeness (QED) is 0.749. The molecule has 98 valence electrons. The van der Waals surface area contributed by atoms with E-state index in [1.165, 1.54) is 12.3 Å². The minimum Gasteiger partial charge on any atom is -0.478 e. The number of nitrogens with one attached hydrogen (secondary N) is 1. The lowest BCUT2D eigenvalue weighted by Crippen LogP contribution is -2.10. The predicted molar refractivity (Wildman–Crippen MR) is 72.0 cm³/mol. The van der Waals surface area contributed by atoms with Crippen molar-refractivity contribution in [3.05, 3.63) is 47.9 Å². The van der Waals surface area contributed by atoms with Crippen LogP contribution < -0.4 is 11.1 Å². The molecule has 6 nitrogen and oxygen atoms in total. The first-order chi connectivity index (χ1) is 9.16. The minimum absolute atomic E-state index is 0.0512. The van der Waals surface area contributed by atoms with Crippen LogP contribution in [0.15, 0.2) is 36.7 Å². The van der Waals surface area contributed by atoms with Gasteiger partial charge in [0.25, 0.3) is 0 Å². The Labute approximate surface area is 110 Å². The highest BCUT2D eigenvalue weighted by molar-refractivity contribution is 5.94. The summed E-state index contributed by atoms with van der Waals surface area (Å²) in [5.41, 5.74) is 6.70. The zero-order valence-corrected chi connectivity index (χ0v) is 10.2. The van der Waals surface area contributed by atoms with Crippen LogP contribution in [0.2, 0.25) is 0 Å². The zero-order valence-electron chi connectivity index (χ0n) is 10.2. The van der Waals surface area contributed by atoms with Gasteiger partial charge < -0.3 is 16.2 Å². The van der Waals surface area contributed by atoms with Crippen molar-refractivity contribution in [2.24, 2.45) is 0 Å². The Morgan fingerprint density at radius 3 is 2.89 bits per heavy atom. The smallest absolute Gasteiger partial charge is 0.337 e. The molecule has 0 atom stereocenters. The number of hydrogen-bond donors (Lipinski definition) is 3. The van der Waals surface area contributed by atoms with E-state index in [0.29, 0.717) is 12.4 Å². The van der Waals surface area contributed by atoms with E-state index in [-0.39, 0.29) is 11.3 Å². The van der Waals surface area contributed by atoms with Gasteiger partial charge in [0.1, 0.15) is 5.82 Å². The highest BCUT2D eigenvalue weighted by Crippen LogP contribution is 2.14. The molecular weight excluding hydrogens is 244 g/mol. The Kier molecular flexibility index (Phi) is 3.92. The molecule has 0 saturated carbocycles. The van der Waals surface area contributed by atoms with Crippen LogP contribution in [0.1, 0.15) is 16.1 Å². The topological polar surface area (TPSA) is 101 Å². The second kappa shape index (κ2) is 5.81. The van der Waals surface area contributed by atoms with Crippen molar-refractivity contribution < 1.29 is 9.90 Å². The number of pyridine rings is 2. The van der Waals surface area contributed by atoms with E-state index in [0.717, 1.165) is 12.1 Å². The lowest BCUT2D eigenvalue weighted by atomic mass is 10.2. The van der Waals surface area contributed by atoms with Crippen LogP contribution >= 0.6 is 0 Å². The van der Waals surface area contributed by atoms with Crippen LogP contribution in [-0.4, -0.2) is 27.6 Å². The Morgan fingerprint density at radius 2 is 2.21 bits per heavy atom. The van der Waals surface area contributed by atoms with Crippen molar-refractivity contribution in [3.8, 4) is 0 Å². The maximum Gasteiger partial charge on any atom is 0.337 e. The van der Waals surface area contributed by atoms with Gasteiger partial charge in [-0.2, -0.15) is 0 Å². The van der Waals surface area contributed by atoms with Gasteiger partial charge in [-0.05, 0) is 18.2 Å². The Hall–Kier alpha value is -2.63.